The number of aliphatic hydroxyl groups excluding tert-OH is 1. The molecule has 0 radical (unpaired) electrons. The fourth-order valence-corrected chi connectivity index (χ4v) is 3.63. The van der Waals surface area contributed by atoms with Crippen LogP contribution < -0.4 is 5.32 Å². The number of imidazole rings is 1. The van der Waals surface area contributed by atoms with Gasteiger partial charge in [0, 0.05) is 12.6 Å². The summed E-state index contributed by atoms with van der Waals surface area (Å²) in [6.07, 6.45) is 2.18. The van der Waals surface area contributed by atoms with Crippen LogP contribution in [0.15, 0.2) is 24.3 Å². The Bertz CT molecular complexity index is 692. The number of H-pyrrole nitrogens is 1. The molecule has 136 valence electrons. The maximum Gasteiger partial charge on any atom is 0.318 e. The van der Waals surface area contributed by atoms with E-state index in [0.717, 1.165) is 36.2 Å². The van der Waals surface area contributed by atoms with Crippen LogP contribution >= 0.6 is 0 Å². The lowest BCUT2D eigenvalue weighted by molar-refractivity contribution is 0.136. The molecule has 1 saturated heterocycles. The number of carbonyl (C=O) groups excluding carboxylic acids is 1. The third kappa shape index (κ3) is 3.95. The minimum absolute atomic E-state index is 0.0673. The molecular weight excluding hydrogens is 316 g/mol. The van der Waals surface area contributed by atoms with Crippen molar-refractivity contribution in [2.24, 2.45) is 5.92 Å². The lowest BCUT2D eigenvalue weighted by Crippen LogP contribution is -2.46. The van der Waals surface area contributed by atoms with Crippen molar-refractivity contribution in [3.63, 3.8) is 0 Å². The summed E-state index contributed by atoms with van der Waals surface area (Å²) < 4.78 is 0. The molecule has 0 bridgehead atoms. The van der Waals surface area contributed by atoms with E-state index in [1.54, 1.807) is 6.92 Å². The van der Waals surface area contributed by atoms with Gasteiger partial charge in [-0.05, 0) is 44.2 Å². The summed E-state index contributed by atoms with van der Waals surface area (Å²) in [5, 5.41) is 12.8. The Kier molecular flexibility index (Phi) is 5.27. The Hall–Kier alpha value is -2.08. The Balaban J connectivity index is 1.76. The number of urea groups is 1. The zero-order valence-corrected chi connectivity index (χ0v) is 15.2. The first-order valence-corrected chi connectivity index (χ1v) is 9.15. The molecule has 1 fully saturated rings. The van der Waals surface area contributed by atoms with Gasteiger partial charge < -0.3 is 20.3 Å². The van der Waals surface area contributed by atoms with E-state index in [4.69, 9.17) is 0 Å². The molecule has 3 unspecified atom stereocenters. The number of hydrogen-bond donors (Lipinski definition) is 3. The van der Waals surface area contributed by atoms with Crippen molar-refractivity contribution in [3.8, 4) is 0 Å². The molecule has 1 aromatic heterocycles. The van der Waals surface area contributed by atoms with E-state index in [0.29, 0.717) is 6.42 Å². The zero-order valence-electron chi connectivity index (χ0n) is 15.2. The number of likely N-dealkylation sites (tertiary alicyclic amines) is 1. The number of rotatable bonds is 5. The van der Waals surface area contributed by atoms with E-state index in [-0.39, 0.29) is 24.0 Å². The highest BCUT2D eigenvalue weighted by molar-refractivity contribution is 5.77. The van der Waals surface area contributed by atoms with Crippen molar-refractivity contribution < 1.29 is 9.90 Å². The summed E-state index contributed by atoms with van der Waals surface area (Å²) in [5.74, 6) is 0.998. The second-order valence-electron chi connectivity index (χ2n) is 7.38. The first kappa shape index (κ1) is 17.7. The van der Waals surface area contributed by atoms with Crippen LogP contribution in [0, 0.1) is 5.92 Å². The summed E-state index contributed by atoms with van der Waals surface area (Å²) in [4.78, 5) is 22.7. The summed E-state index contributed by atoms with van der Waals surface area (Å²) in [6.45, 7) is 6.68. The summed E-state index contributed by atoms with van der Waals surface area (Å²) in [5.41, 5.74) is 1.89. The van der Waals surface area contributed by atoms with E-state index >= 15 is 0 Å². The smallest absolute Gasteiger partial charge is 0.318 e. The molecule has 6 nitrogen and oxygen atoms in total. The van der Waals surface area contributed by atoms with Gasteiger partial charge in [-0.2, -0.15) is 0 Å². The van der Waals surface area contributed by atoms with Crippen LogP contribution in [-0.2, 0) is 0 Å². The van der Waals surface area contributed by atoms with E-state index in [2.05, 4.69) is 29.1 Å². The van der Waals surface area contributed by atoms with Gasteiger partial charge in [0.2, 0.25) is 0 Å². The first-order chi connectivity index (χ1) is 12.0. The van der Waals surface area contributed by atoms with Crippen LogP contribution in [0.4, 0.5) is 4.79 Å². The number of benzene rings is 1. The van der Waals surface area contributed by atoms with Crippen molar-refractivity contribution >= 4 is 17.1 Å². The number of para-hydroxylation sites is 2. The van der Waals surface area contributed by atoms with Crippen molar-refractivity contribution in [2.75, 3.05) is 6.54 Å². The molecule has 25 heavy (non-hydrogen) atoms. The molecule has 1 aliphatic heterocycles. The number of amides is 2. The van der Waals surface area contributed by atoms with Crippen LogP contribution in [0.3, 0.4) is 0 Å². The minimum Gasteiger partial charge on any atom is -0.393 e. The van der Waals surface area contributed by atoms with Gasteiger partial charge >= 0.3 is 6.03 Å². The molecule has 0 aliphatic carbocycles. The van der Waals surface area contributed by atoms with E-state index < -0.39 is 6.10 Å². The summed E-state index contributed by atoms with van der Waals surface area (Å²) in [7, 11) is 0. The molecule has 0 spiro atoms. The third-order valence-electron chi connectivity index (χ3n) is 4.90. The number of aromatic amines is 1. The van der Waals surface area contributed by atoms with Crippen molar-refractivity contribution in [1.82, 2.24) is 20.2 Å². The zero-order chi connectivity index (χ0) is 18.0. The van der Waals surface area contributed by atoms with Gasteiger partial charge in [0.25, 0.3) is 0 Å². The molecule has 2 amide bonds. The number of nitrogens with zero attached hydrogens (tertiary/aromatic N) is 2. The van der Waals surface area contributed by atoms with Crippen LogP contribution in [-0.4, -0.2) is 44.7 Å². The van der Waals surface area contributed by atoms with E-state index in [1.807, 2.05) is 29.2 Å². The standard InChI is InChI=1S/C19H28N4O2/c1-12(2)17(18-20-15-8-4-5-9-16(15)21-18)22-19(25)23-10-6-7-14(23)11-13(3)24/h4-5,8-9,12-14,17,24H,6-7,10-11H2,1-3H3,(H,20,21)(H,22,25). The Morgan fingerprint density at radius 3 is 2.84 bits per heavy atom. The lowest BCUT2D eigenvalue weighted by Gasteiger charge is -2.29. The molecule has 1 aliphatic rings. The normalized spacial score (nSPS) is 20.2. The molecule has 3 atom stereocenters. The van der Waals surface area contributed by atoms with Gasteiger partial charge in [0.1, 0.15) is 5.82 Å². The molecule has 3 N–H and O–H groups in total. The second kappa shape index (κ2) is 7.44. The topological polar surface area (TPSA) is 81.2 Å². The fourth-order valence-electron chi connectivity index (χ4n) is 3.63. The predicted molar refractivity (Wildman–Crippen MR) is 98.2 cm³/mol. The van der Waals surface area contributed by atoms with Gasteiger partial charge in [-0.3, -0.25) is 0 Å². The molecule has 2 aromatic rings. The minimum atomic E-state index is -0.394. The van der Waals surface area contributed by atoms with Crippen LogP contribution in [0.5, 0.6) is 0 Å². The second-order valence-corrected chi connectivity index (χ2v) is 7.38. The maximum atomic E-state index is 12.8. The number of carbonyl (C=O) groups is 1. The fraction of sp³-hybridized carbons (Fsp3) is 0.579. The summed E-state index contributed by atoms with van der Waals surface area (Å²) >= 11 is 0. The average Bonchev–Trinajstić information content (AvgIpc) is 3.17. The highest BCUT2D eigenvalue weighted by atomic mass is 16.3. The summed E-state index contributed by atoms with van der Waals surface area (Å²) in [6, 6.07) is 7.76. The maximum absolute atomic E-state index is 12.8. The van der Waals surface area contributed by atoms with Gasteiger partial charge in [-0.1, -0.05) is 26.0 Å². The quantitative estimate of drug-likeness (QED) is 0.779. The van der Waals surface area contributed by atoms with Gasteiger partial charge in [-0.15, -0.1) is 0 Å². The lowest BCUT2D eigenvalue weighted by atomic mass is 10.0. The SMILES string of the molecule is CC(O)CC1CCCN1C(=O)NC(c1nc2ccccc2[nH]1)C(C)C. The van der Waals surface area contributed by atoms with Crippen molar-refractivity contribution in [1.29, 1.82) is 0 Å². The number of nitrogens with one attached hydrogen (secondary N) is 2. The number of aromatic nitrogens is 2. The average molecular weight is 344 g/mol. The number of aliphatic hydroxyl groups is 1. The largest absolute Gasteiger partial charge is 0.393 e. The molecular formula is C19H28N4O2. The van der Waals surface area contributed by atoms with Crippen LogP contribution in [0.25, 0.3) is 11.0 Å². The molecule has 1 aromatic carbocycles. The van der Waals surface area contributed by atoms with Gasteiger partial charge in [-0.25, -0.2) is 9.78 Å². The van der Waals surface area contributed by atoms with Gasteiger partial charge in [0.05, 0.1) is 23.2 Å². The monoisotopic (exact) mass is 344 g/mol. The van der Waals surface area contributed by atoms with E-state index in [9.17, 15) is 9.90 Å². The Labute approximate surface area is 148 Å². The Morgan fingerprint density at radius 2 is 2.16 bits per heavy atom. The number of fused-ring (bicyclic) bond motifs is 1. The first-order valence-electron chi connectivity index (χ1n) is 9.15. The van der Waals surface area contributed by atoms with Crippen molar-refractivity contribution in [3.05, 3.63) is 30.1 Å². The predicted octanol–water partition coefficient (Wildman–Crippen LogP) is 3.20. The molecule has 3 rings (SSSR count). The number of hydrogen-bond acceptors (Lipinski definition) is 3. The third-order valence-corrected chi connectivity index (χ3v) is 4.90. The Morgan fingerprint density at radius 1 is 1.40 bits per heavy atom. The highest BCUT2D eigenvalue weighted by Gasteiger charge is 2.32. The van der Waals surface area contributed by atoms with Crippen molar-refractivity contribution in [2.45, 2.75) is 58.2 Å². The van der Waals surface area contributed by atoms with Crippen LogP contribution in [0.1, 0.15) is 51.9 Å². The van der Waals surface area contributed by atoms with Gasteiger partial charge in [0.15, 0.2) is 0 Å². The van der Waals surface area contributed by atoms with E-state index in [1.165, 1.54) is 0 Å². The highest BCUT2D eigenvalue weighted by Crippen LogP contribution is 2.25. The van der Waals surface area contributed by atoms with Crippen LogP contribution in [0.2, 0.25) is 0 Å². The molecule has 6 heteroatoms. The molecule has 0 saturated carbocycles. The molecule has 2 heterocycles.